The summed E-state index contributed by atoms with van der Waals surface area (Å²) in [5.74, 6) is 3.02. The Labute approximate surface area is 445 Å². The van der Waals surface area contributed by atoms with Gasteiger partial charge in [0.15, 0.2) is 48.0 Å². The highest BCUT2D eigenvalue weighted by atomic mass is 16.7. The quantitative estimate of drug-likeness (QED) is 0.124. The second kappa shape index (κ2) is 22.1. The van der Waals surface area contributed by atoms with E-state index in [1.807, 2.05) is 6.07 Å². The number of terminal acetylenes is 1. The van der Waals surface area contributed by atoms with Gasteiger partial charge in [-0.05, 0) is 134 Å². The van der Waals surface area contributed by atoms with Crippen LogP contribution in [0.15, 0.2) is 66.8 Å². The fourth-order valence-corrected chi connectivity index (χ4v) is 10.5. The van der Waals surface area contributed by atoms with Crippen molar-refractivity contribution in [2.24, 2.45) is 0 Å². The number of rotatable bonds is 12. The molecule has 0 saturated carbocycles. The van der Waals surface area contributed by atoms with Gasteiger partial charge in [0.05, 0.1) is 48.8 Å². The van der Waals surface area contributed by atoms with Crippen molar-refractivity contribution in [2.45, 2.75) is 154 Å². The molecule has 3 aromatic rings. The molecule has 4 fully saturated rings. The molecular weight excluding hydrogens is 977 g/mol. The van der Waals surface area contributed by atoms with E-state index in [1.54, 1.807) is 87.7 Å². The van der Waals surface area contributed by atoms with Gasteiger partial charge in [-0.1, -0.05) is 30.2 Å². The molecule has 4 saturated heterocycles. The smallest absolute Gasteiger partial charge is 0.417 e. The van der Waals surface area contributed by atoms with E-state index in [0.717, 1.165) is 36.8 Å². The van der Waals surface area contributed by atoms with Gasteiger partial charge in [0.1, 0.15) is 24.4 Å². The van der Waals surface area contributed by atoms with Crippen molar-refractivity contribution in [3.05, 3.63) is 94.6 Å². The van der Waals surface area contributed by atoms with Gasteiger partial charge in [-0.2, -0.15) is 0 Å². The summed E-state index contributed by atoms with van der Waals surface area (Å²) in [7, 11) is 2.95. The molecule has 4 amide bonds. The monoisotopic (exact) mass is 1050 g/mol. The van der Waals surface area contributed by atoms with Crippen molar-refractivity contribution in [3.63, 3.8) is 0 Å². The topological polar surface area (TPSA) is 174 Å². The number of carbonyl (C=O) groups excluding carboxylic acids is 4. The van der Waals surface area contributed by atoms with Gasteiger partial charge in [-0.15, -0.1) is 6.42 Å². The van der Waals surface area contributed by atoms with E-state index in [2.05, 4.69) is 19.1 Å². The lowest BCUT2D eigenvalue weighted by Crippen LogP contribution is -2.54. The van der Waals surface area contributed by atoms with Crippen molar-refractivity contribution in [1.82, 2.24) is 9.80 Å². The predicted octanol–water partition coefficient (Wildman–Crippen LogP) is 9.63. The molecule has 0 aromatic heterocycles. The van der Waals surface area contributed by atoms with Crippen LogP contribution in [0.1, 0.15) is 130 Å². The molecule has 406 valence electrons. The molecular formula is C58H70N4O14. The maximum Gasteiger partial charge on any atom is 0.417 e. The number of carbonyl (C=O) groups is 4. The second-order valence-electron chi connectivity index (χ2n) is 22.1. The highest BCUT2D eigenvalue weighted by molar-refractivity contribution is 6.07. The first-order valence-corrected chi connectivity index (χ1v) is 26.1. The van der Waals surface area contributed by atoms with Gasteiger partial charge in [0.25, 0.3) is 11.8 Å². The molecule has 6 atom stereocenters. The third kappa shape index (κ3) is 11.6. The van der Waals surface area contributed by atoms with Crippen LogP contribution >= 0.6 is 0 Å². The summed E-state index contributed by atoms with van der Waals surface area (Å²) in [6.45, 7) is 20.6. The third-order valence-electron chi connectivity index (χ3n) is 13.9. The Kier molecular flexibility index (Phi) is 15.7. The summed E-state index contributed by atoms with van der Waals surface area (Å²) in [4.78, 5) is 64.4. The van der Waals surface area contributed by atoms with Crippen LogP contribution in [0.3, 0.4) is 0 Å². The Morgan fingerprint density at radius 3 is 1.41 bits per heavy atom. The van der Waals surface area contributed by atoms with Crippen LogP contribution in [0.5, 0.6) is 23.0 Å². The van der Waals surface area contributed by atoms with Gasteiger partial charge < -0.3 is 57.2 Å². The molecule has 0 bridgehead atoms. The minimum Gasteiger partial charge on any atom is -0.493 e. The van der Waals surface area contributed by atoms with E-state index in [0.29, 0.717) is 55.6 Å². The average molecular weight is 1050 g/mol. The van der Waals surface area contributed by atoms with Crippen LogP contribution in [0.4, 0.5) is 21.0 Å². The van der Waals surface area contributed by atoms with Crippen LogP contribution in [0.2, 0.25) is 0 Å². The molecule has 2 unspecified atom stereocenters. The largest absolute Gasteiger partial charge is 0.493 e. The first kappa shape index (κ1) is 54.0. The molecule has 18 nitrogen and oxygen atoms in total. The summed E-state index contributed by atoms with van der Waals surface area (Å²) >= 11 is 0. The first-order valence-electron chi connectivity index (χ1n) is 26.1. The Hall–Kier alpha value is -6.78. The highest BCUT2D eigenvalue weighted by Gasteiger charge is 2.51. The number of methoxy groups -OCH3 is 2. The molecule has 0 N–H and O–H groups in total. The predicted molar refractivity (Wildman–Crippen MR) is 281 cm³/mol. The van der Waals surface area contributed by atoms with Gasteiger partial charge in [-0.25, -0.2) is 19.4 Å². The van der Waals surface area contributed by atoms with Gasteiger partial charge in [0, 0.05) is 44.0 Å². The molecule has 9 rings (SSSR count). The Bertz CT molecular complexity index is 2620. The average Bonchev–Trinajstić information content (AvgIpc) is 3.98. The summed E-state index contributed by atoms with van der Waals surface area (Å²) in [5, 5.41) is 0. The number of nitrogens with zero attached hydrogens (tertiary/aromatic N) is 4. The molecule has 0 spiro atoms. The first-order chi connectivity index (χ1) is 36.2. The SMILES string of the molecule is C#Cc1cc(COc2cc3c(cc2OC)C(=O)N2CC(=C)C[C@H]2[C@H](OC2CCCCO2)N3C(=O)OC(C)(C)C)cc(COc2cc3c(cc2OC)C(=O)N2CC(=C)C[C@H]2[C@H](OC2CCCCO2)N3C(=O)OC(C)(C)C)c1. The van der Waals surface area contributed by atoms with E-state index in [4.69, 9.17) is 53.8 Å². The number of benzene rings is 3. The van der Waals surface area contributed by atoms with Crippen LogP contribution in [-0.2, 0) is 41.6 Å². The molecule has 0 radical (unpaired) electrons. The number of hydrogen-bond acceptors (Lipinski definition) is 14. The Morgan fingerprint density at radius 2 is 1.05 bits per heavy atom. The maximum atomic E-state index is 14.6. The molecule has 3 aromatic carbocycles. The minimum absolute atomic E-state index is 0.0339. The van der Waals surface area contributed by atoms with E-state index < -0.39 is 60.5 Å². The van der Waals surface area contributed by atoms with Crippen LogP contribution in [0.25, 0.3) is 0 Å². The Morgan fingerprint density at radius 1 is 0.632 bits per heavy atom. The molecule has 76 heavy (non-hydrogen) atoms. The summed E-state index contributed by atoms with van der Waals surface area (Å²) in [6, 6.07) is 10.6. The summed E-state index contributed by atoms with van der Waals surface area (Å²) in [5.41, 5.74) is 2.52. The van der Waals surface area contributed by atoms with E-state index in [1.165, 1.54) is 24.0 Å². The third-order valence-corrected chi connectivity index (χ3v) is 13.9. The second-order valence-corrected chi connectivity index (χ2v) is 22.1. The number of amides is 4. The van der Waals surface area contributed by atoms with Crippen LogP contribution < -0.4 is 28.7 Å². The van der Waals surface area contributed by atoms with Gasteiger partial charge >= 0.3 is 12.2 Å². The van der Waals surface area contributed by atoms with E-state index >= 15 is 0 Å². The summed E-state index contributed by atoms with van der Waals surface area (Å²) < 4.78 is 62.3. The van der Waals surface area contributed by atoms with Crippen molar-refractivity contribution < 1.29 is 66.5 Å². The van der Waals surface area contributed by atoms with Gasteiger partial charge in [-0.3, -0.25) is 9.59 Å². The minimum atomic E-state index is -0.999. The number of ether oxygens (including phenoxy) is 10. The molecule has 6 aliphatic heterocycles. The van der Waals surface area contributed by atoms with E-state index in [9.17, 15) is 19.2 Å². The zero-order valence-corrected chi connectivity index (χ0v) is 44.9. The highest BCUT2D eigenvalue weighted by Crippen LogP contribution is 2.46. The van der Waals surface area contributed by atoms with Crippen molar-refractivity contribution in [2.75, 3.05) is 50.3 Å². The standard InChI is InChI=1S/C58H70N4O14/c1-12-36-23-37(32-71-47-28-41-39(26-45(47)67-10)51(63)59-30-34(2)21-43(59)53(73-49-17-13-15-19-69-49)61(41)55(65)75-57(4,5)6)25-38(24-36)33-72-48-29-42-40(27-46(48)68-11)52(64)60-31-35(3)22-44(60)54(74-50-18-14-16-20-70-50)62(42)56(66)76-58(7,8)9/h1,23-29,43-44,49-50,53-54H,2-3,13-22,30-33H2,4-11H3/t43-,44-,49?,50?,53-,54-/m0/s1. The van der Waals surface area contributed by atoms with E-state index in [-0.39, 0.29) is 83.6 Å². The zero-order chi connectivity index (χ0) is 54.2. The molecule has 6 heterocycles. The number of hydrogen-bond donors (Lipinski definition) is 0. The van der Waals surface area contributed by atoms with Crippen LogP contribution in [0, 0.1) is 12.3 Å². The number of fused-ring (bicyclic) bond motifs is 4. The summed E-state index contributed by atoms with van der Waals surface area (Å²) in [6.07, 6.45) is 6.95. The van der Waals surface area contributed by atoms with Gasteiger partial charge in [0.2, 0.25) is 0 Å². The van der Waals surface area contributed by atoms with Crippen LogP contribution in [-0.4, -0.2) is 123 Å². The van der Waals surface area contributed by atoms with Crippen molar-refractivity contribution in [1.29, 1.82) is 0 Å². The Balaban J connectivity index is 1.03. The molecule has 0 aliphatic carbocycles. The normalized spacial score (nSPS) is 23.6. The fourth-order valence-electron chi connectivity index (χ4n) is 10.5. The molecule has 6 aliphatic rings. The lowest BCUT2D eigenvalue weighted by atomic mass is 10.1. The lowest BCUT2D eigenvalue weighted by Gasteiger charge is -2.39. The molecule has 18 heteroatoms. The zero-order valence-electron chi connectivity index (χ0n) is 44.9. The number of anilines is 2. The lowest BCUT2D eigenvalue weighted by molar-refractivity contribution is -0.196. The maximum absolute atomic E-state index is 14.6. The van der Waals surface area contributed by atoms with Crippen molar-refractivity contribution in [3.8, 4) is 35.3 Å². The fraction of sp³-hybridized carbons (Fsp3) is 0.517. The van der Waals surface area contributed by atoms with Crippen molar-refractivity contribution >= 4 is 35.4 Å².